The van der Waals surface area contributed by atoms with Crippen LogP contribution >= 0.6 is 11.6 Å². The number of nitrogens with one attached hydrogen (secondary N) is 1. The van der Waals surface area contributed by atoms with Crippen LogP contribution in [0.25, 0.3) is 22.3 Å². The fraction of sp³-hybridized carbons (Fsp3) is 0.286. The molecule has 1 aromatic carbocycles. The summed E-state index contributed by atoms with van der Waals surface area (Å²) in [6.45, 7) is 1.69. The maximum atomic E-state index is 14.2. The Morgan fingerprint density at radius 1 is 1.18 bits per heavy atom. The van der Waals surface area contributed by atoms with Gasteiger partial charge < -0.3 is 25.9 Å². The lowest BCUT2D eigenvalue weighted by Crippen LogP contribution is -2.43. The maximum absolute atomic E-state index is 14.2. The smallest absolute Gasteiger partial charge is 0.170 e. The number of carbonyl (C=O) groups excluding carboxylic acids is 1. The summed E-state index contributed by atoms with van der Waals surface area (Å²) in [5, 5.41) is 13.1. The molecule has 1 saturated carbocycles. The van der Waals surface area contributed by atoms with Crippen molar-refractivity contribution in [2.45, 2.75) is 37.1 Å². The van der Waals surface area contributed by atoms with Crippen LogP contribution in [0.5, 0.6) is 5.75 Å². The topological polar surface area (TPSA) is 117 Å². The van der Waals surface area contributed by atoms with Crippen LogP contribution in [0.4, 0.5) is 21.6 Å². The summed E-state index contributed by atoms with van der Waals surface area (Å²) in [4.78, 5) is 28.3. The Morgan fingerprint density at radius 2 is 2.03 bits per heavy atom. The van der Waals surface area contributed by atoms with Crippen LogP contribution in [-0.2, 0) is 10.2 Å². The molecular formula is C28H26ClFN6O2. The molecule has 0 bridgehead atoms. The summed E-state index contributed by atoms with van der Waals surface area (Å²) >= 11 is 6.02. The first-order chi connectivity index (χ1) is 18.4. The minimum Gasteiger partial charge on any atom is -0.504 e. The van der Waals surface area contributed by atoms with Gasteiger partial charge in [0.15, 0.2) is 11.6 Å². The number of fused-ring (bicyclic) bond motifs is 1. The summed E-state index contributed by atoms with van der Waals surface area (Å²) in [7, 11) is 0. The van der Waals surface area contributed by atoms with E-state index < -0.39 is 17.0 Å². The number of carbonyl (C=O) groups is 1. The van der Waals surface area contributed by atoms with Gasteiger partial charge in [0, 0.05) is 36.5 Å². The molecule has 38 heavy (non-hydrogen) atoms. The molecule has 1 saturated heterocycles. The van der Waals surface area contributed by atoms with E-state index in [1.165, 1.54) is 12.1 Å². The fourth-order valence-electron chi connectivity index (χ4n) is 5.04. The lowest BCUT2D eigenvalue weighted by molar-refractivity contribution is -0.109. The number of piperidine rings is 1. The van der Waals surface area contributed by atoms with Crippen molar-refractivity contribution >= 4 is 46.1 Å². The van der Waals surface area contributed by atoms with Crippen molar-refractivity contribution in [3.8, 4) is 17.0 Å². The largest absolute Gasteiger partial charge is 0.504 e. The molecule has 0 radical (unpaired) electrons. The summed E-state index contributed by atoms with van der Waals surface area (Å²) in [6.07, 6.45) is 7.96. The Labute approximate surface area is 223 Å². The molecule has 0 unspecified atom stereocenters. The third kappa shape index (κ3) is 4.41. The molecule has 194 valence electrons. The Hall–Kier alpha value is -3.82. The van der Waals surface area contributed by atoms with Gasteiger partial charge in [-0.25, -0.2) is 14.4 Å². The van der Waals surface area contributed by atoms with Crippen LogP contribution in [0.1, 0.15) is 31.2 Å². The number of aromatic hydroxyl groups is 1. The van der Waals surface area contributed by atoms with Crippen LogP contribution in [0.15, 0.2) is 48.8 Å². The van der Waals surface area contributed by atoms with E-state index >= 15 is 0 Å². The third-order valence-corrected chi connectivity index (χ3v) is 7.66. The molecule has 1 aliphatic heterocycles. The predicted octanol–water partition coefficient (Wildman–Crippen LogP) is 5.09. The first-order valence-electron chi connectivity index (χ1n) is 12.6. The minimum atomic E-state index is -0.835. The van der Waals surface area contributed by atoms with Gasteiger partial charge in [-0.15, -0.1) is 0 Å². The number of anilines is 3. The molecule has 4 aromatic rings. The Kier molecular flexibility index (Phi) is 6.12. The fourth-order valence-corrected chi connectivity index (χ4v) is 5.25. The number of rotatable bonds is 6. The van der Waals surface area contributed by atoms with Crippen molar-refractivity contribution < 1.29 is 14.3 Å². The summed E-state index contributed by atoms with van der Waals surface area (Å²) in [5.74, 6) is -0.575. The number of benzene rings is 1. The second-order valence-corrected chi connectivity index (χ2v) is 10.5. The quantitative estimate of drug-likeness (QED) is 0.294. The molecule has 4 heterocycles. The Morgan fingerprint density at radius 3 is 2.71 bits per heavy atom. The van der Waals surface area contributed by atoms with E-state index in [1.54, 1.807) is 24.5 Å². The first-order valence-corrected chi connectivity index (χ1v) is 12.9. The minimum absolute atomic E-state index is 0.106. The van der Waals surface area contributed by atoms with Gasteiger partial charge in [0.25, 0.3) is 0 Å². The number of nitrogens with two attached hydrogens (primary N) is 1. The molecule has 0 spiro atoms. The van der Waals surface area contributed by atoms with Crippen LogP contribution in [-0.4, -0.2) is 45.5 Å². The Balaban J connectivity index is 1.42. The normalized spacial score (nSPS) is 18.4. The molecule has 1 atom stereocenters. The molecule has 4 N–H and O–H groups in total. The maximum Gasteiger partial charge on any atom is 0.170 e. The van der Waals surface area contributed by atoms with E-state index in [-0.39, 0.29) is 11.1 Å². The van der Waals surface area contributed by atoms with E-state index in [0.717, 1.165) is 62.1 Å². The first kappa shape index (κ1) is 24.5. The van der Waals surface area contributed by atoms with Crippen molar-refractivity contribution in [3.63, 3.8) is 0 Å². The number of aromatic nitrogens is 3. The monoisotopic (exact) mass is 532 g/mol. The van der Waals surface area contributed by atoms with Crippen molar-refractivity contribution in [2.75, 3.05) is 23.3 Å². The zero-order chi connectivity index (χ0) is 26.4. The van der Waals surface area contributed by atoms with Gasteiger partial charge >= 0.3 is 0 Å². The predicted molar refractivity (Wildman–Crippen MR) is 146 cm³/mol. The highest BCUT2D eigenvalue weighted by Gasteiger charge is 2.46. The third-order valence-electron chi connectivity index (χ3n) is 7.38. The van der Waals surface area contributed by atoms with E-state index in [9.17, 15) is 14.3 Å². The van der Waals surface area contributed by atoms with Gasteiger partial charge in [-0.2, -0.15) is 0 Å². The number of nitrogens with zero attached hydrogens (tertiary/aromatic N) is 4. The van der Waals surface area contributed by atoms with Gasteiger partial charge in [-0.3, -0.25) is 4.98 Å². The SMILES string of the molecule is N[C@H]1CCCN(c2ccc(Nc3c(C4(C=O)CC4)cnc4ccc(-c5cc(F)c(O)c(Cl)c5)nc34)cn2)C1. The highest BCUT2D eigenvalue weighted by Crippen LogP contribution is 2.50. The molecule has 3 aromatic heterocycles. The highest BCUT2D eigenvalue weighted by molar-refractivity contribution is 6.32. The number of phenolic OH excluding ortho intramolecular Hbond substituents is 1. The second-order valence-electron chi connectivity index (χ2n) is 10.1. The average molecular weight is 533 g/mol. The number of phenols is 1. The molecule has 10 heteroatoms. The number of pyridine rings is 3. The zero-order valence-electron chi connectivity index (χ0n) is 20.5. The van der Waals surface area contributed by atoms with Crippen molar-refractivity contribution in [3.05, 3.63) is 65.2 Å². The molecule has 0 amide bonds. The molecule has 1 aliphatic carbocycles. The lowest BCUT2D eigenvalue weighted by Gasteiger charge is -2.31. The number of hydrogen-bond acceptors (Lipinski definition) is 8. The van der Waals surface area contributed by atoms with Crippen LogP contribution in [0.3, 0.4) is 0 Å². The summed E-state index contributed by atoms with van der Waals surface area (Å²) in [5.41, 5.74) is 9.66. The van der Waals surface area contributed by atoms with Crippen molar-refractivity contribution in [1.82, 2.24) is 15.0 Å². The second kappa shape index (κ2) is 9.49. The lowest BCUT2D eigenvalue weighted by atomic mass is 9.96. The van der Waals surface area contributed by atoms with Crippen molar-refractivity contribution in [2.24, 2.45) is 5.73 Å². The molecule has 2 aliphatic rings. The van der Waals surface area contributed by atoms with Gasteiger partial charge in [0.05, 0.1) is 39.2 Å². The number of halogens is 2. The van der Waals surface area contributed by atoms with E-state index in [4.69, 9.17) is 22.3 Å². The van der Waals surface area contributed by atoms with Gasteiger partial charge in [0.2, 0.25) is 0 Å². The number of hydrogen-bond donors (Lipinski definition) is 3. The average Bonchev–Trinajstić information content (AvgIpc) is 3.73. The van der Waals surface area contributed by atoms with E-state index in [2.05, 4.69) is 20.2 Å². The van der Waals surface area contributed by atoms with Crippen LogP contribution in [0, 0.1) is 5.82 Å². The van der Waals surface area contributed by atoms with Crippen LogP contribution < -0.4 is 16.0 Å². The number of aldehydes is 1. The Bertz CT molecular complexity index is 1520. The molecule has 6 rings (SSSR count). The summed E-state index contributed by atoms with van der Waals surface area (Å²) in [6, 6.07) is 10.2. The van der Waals surface area contributed by atoms with Crippen LogP contribution in [0.2, 0.25) is 5.02 Å². The summed E-state index contributed by atoms with van der Waals surface area (Å²) < 4.78 is 14.2. The van der Waals surface area contributed by atoms with Gasteiger partial charge in [-0.1, -0.05) is 11.6 Å². The van der Waals surface area contributed by atoms with Crippen molar-refractivity contribution in [1.29, 1.82) is 0 Å². The standard InChI is InChI=1S/C28H26ClFN6O2/c29-20-10-16(11-21(30)27(20)38)22-4-5-23-26(35-22)25(19(13-32-23)28(15-37)7-8-28)34-18-3-6-24(33-12-18)36-9-1-2-17(31)14-36/h3-6,10-13,15,17,38H,1-2,7-9,14,31H2,(H,32,34)/t17-/m0/s1. The highest BCUT2D eigenvalue weighted by atomic mass is 35.5. The van der Waals surface area contributed by atoms with Gasteiger partial charge in [-0.05, 0) is 62.1 Å². The van der Waals surface area contributed by atoms with Gasteiger partial charge in [0.1, 0.15) is 17.6 Å². The zero-order valence-corrected chi connectivity index (χ0v) is 21.2. The molecule has 8 nitrogen and oxygen atoms in total. The van der Waals surface area contributed by atoms with E-state index in [0.29, 0.717) is 28.0 Å². The molecular weight excluding hydrogens is 507 g/mol. The van der Waals surface area contributed by atoms with E-state index in [1.807, 2.05) is 12.1 Å². The molecule has 2 fully saturated rings.